The highest BCUT2D eigenvalue weighted by Gasteiger charge is 2.40. The van der Waals surface area contributed by atoms with Crippen LogP contribution in [0.2, 0.25) is 0 Å². The van der Waals surface area contributed by atoms with E-state index in [0.29, 0.717) is 23.2 Å². The number of nitrogens with zero attached hydrogens (tertiary/aromatic N) is 2. The predicted octanol–water partition coefficient (Wildman–Crippen LogP) is 1.66. The molecule has 0 radical (unpaired) electrons. The Morgan fingerprint density at radius 3 is 2.96 bits per heavy atom. The zero-order chi connectivity index (χ0) is 19.7. The normalized spacial score (nSPS) is 30.8. The van der Waals surface area contributed by atoms with Gasteiger partial charge < -0.3 is 10.1 Å². The van der Waals surface area contributed by atoms with Gasteiger partial charge in [0, 0.05) is 24.3 Å². The molecule has 3 aliphatic rings. The molecule has 1 saturated carbocycles. The van der Waals surface area contributed by atoms with Crippen molar-refractivity contribution in [3.05, 3.63) is 40.2 Å². The number of pyridine rings is 1. The Kier molecular flexibility index (Phi) is 5.44. The molecule has 7 heteroatoms. The fourth-order valence-corrected chi connectivity index (χ4v) is 4.55. The van der Waals surface area contributed by atoms with Crippen LogP contribution in [-0.2, 0) is 4.74 Å². The monoisotopic (exact) mass is 381 g/mol. The van der Waals surface area contributed by atoms with E-state index in [1.807, 2.05) is 13.8 Å². The molecule has 1 aliphatic carbocycles. The second kappa shape index (κ2) is 8.00. The Balaban J connectivity index is 1.43. The van der Waals surface area contributed by atoms with Crippen LogP contribution in [0.15, 0.2) is 17.8 Å². The standard InChI is InChI=1S/C21H27N5O2/c1-12-13(2)20(23-10-15(12)9-22)21(27)24-16-3-4-18-17(8-16)19(26-25-18)7-14-5-6-28-11-14/h7,10,16-19,25-26H,3-6,8,11H2,1-2H3,(H,24,27)/b14-7-. The third kappa shape index (κ3) is 3.68. The van der Waals surface area contributed by atoms with Gasteiger partial charge in [0.1, 0.15) is 11.8 Å². The molecule has 1 amide bonds. The van der Waals surface area contributed by atoms with Crippen LogP contribution in [0.25, 0.3) is 0 Å². The zero-order valence-electron chi connectivity index (χ0n) is 16.4. The lowest BCUT2D eigenvalue weighted by molar-refractivity contribution is 0.0910. The van der Waals surface area contributed by atoms with E-state index in [1.54, 1.807) is 0 Å². The number of carbonyl (C=O) groups is 1. The largest absolute Gasteiger partial charge is 0.377 e. The molecule has 0 aromatic carbocycles. The number of hydrogen-bond donors (Lipinski definition) is 3. The number of nitrogens with one attached hydrogen (secondary N) is 3. The average Bonchev–Trinajstić information content (AvgIpc) is 3.34. The van der Waals surface area contributed by atoms with Gasteiger partial charge in [0.05, 0.1) is 18.8 Å². The number of fused-ring (bicyclic) bond motifs is 1. The molecule has 148 valence electrons. The van der Waals surface area contributed by atoms with Crippen molar-refractivity contribution >= 4 is 5.91 Å². The highest BCUT2D eigenvalue weighted by atomic mass is 16.5. The first-order valence-electron chi connectivity index (χ1n) is 10.0. The Bertz CT molecular complexity index is 836. The van der Waals surface area contributed by atoms with Crippen LogP contribution in [-0.4, -0.2) is 42.2 Å². The number of ether oxygens (including phenoxy) is 1. The van der Waals surface area contributed by atoms with Crippen molar-refractivity contribution in [2.45, 2.75) is 57.7 Å². The Hall–Kier alpha value is -2.27. The zero-order valence-corrected chi connectivity index (χ0v) is 16.4. The van der Waals surface area contributed by atoms with Gasteiger partial charge in [0.2, 0.25) is 0 Å². The lowest BCUT2D eigenvalue weighted by Crippen LogP contribution is -2.45. The summed E-state index contributed by atoms with van der Waals surface area (Å²) in [6, 6.07) is 2.97. The van der Waals surface area contributed by atoms with Crippen molar-refractivity contribution in [1.82, 2.24) is 21.2 Å². The summed E-state index contributed by atoms with van der Waals surface area (Å²) in [6.07, 6.45) is 7.72. The van der Waals surface area contributed by atoms with Gasteiger partial charge in [-0.05, 0) is 62.1 Å². The molecule has 3 N–H and O–H groups in total. The van der Waals surface area contributed by atoms with Gasteiger partial charge in [-0.3, -0.25) is 15.6 Å². The molecule has 2 saturated heterocycles. The van der Waals surface area contributed by atoms with Gasteiger partial charge >= 0.3 is 0 Å². The summed E-state index contributed by atoms with van der Waals surface area (Å²) in [5.41, 5.74) is 10.7. The highest BCUT2D eigenvalue weighted by molar-refractivity contribution is 5.94. The molecule has 0 spiro atoms. The topological polar surface area (TPSA) is 99.1 Å². The van der Waals surface area contributed by atoms with E-state index < -0.39 is 0 Å². The minimum Gasteiger partial charge on any atom is -0.377 e. The number of amides is 1. The SMILES string of the molecule is Cc1c(C#N)cnc(C(=O)NC2CCC3NNC(/C=C4/CCOC4)C3C2)c1C. The maximum atomic E-state index is 12.8. The smallest absolute Gasteiger partial charge is 0.270 e. The summed E-state index contributed by atoms with van der Waals surface area (Å²) in [6.45, 7) is 5.26. The van der Waals surface area contributed by atoms with Crippen LogP contribution in [0.5, 0.6) is 0 Å². The van der Waals surface area contributed by atoms with Crippen LogP contribution >= 0.6 is 0 Å². The van der Waals surface area contributed by atoms with E-state index in [9.17, 15) is 4.79 Å². The van der Waals surface area contributed by atoms with Gasteiger partial charge in [0.25, 0.3) is 5.91 Å². The third-order valence-electron chi connectivity index (χ3n) is 6.38. The van der Waals surface area contributed by atoms with Gasteiger partial charge in [-0.2, -0.15) is 5.26 Å². The highest BCUT2D eigenvalue weighted by Crippen LogP contribution is 2.32. The molecule has 7 nitrogen and oxygen atoms in total. The summed E-state index contributed by atoms with van der Waals surface area (Å²) in [5, 5.41) is 12.3. The van der Waals surface area contributed by atoms with Gasteiger partial charge in [-0.15, -0.1) is 0 Å². The molecule has 3 fully saturated rings. The van der Waals surface area contributed by atoms with E-state index in [4.69, 9.17) is 10.00 Å². The van der Waals surface area contributed by atoms with Crippen molar-refractivity contribution in [3.63, 3.8) is 0 Å². The number of nitriles is 1. The lowest BCUT2D eigenvalue weighted by atomic mass is 9.78. The van der Waals surface area contributed by atoms with E-state index in [1.165, 1.54) is 11.8 Å². The number of aromatic nitrogens is 1. The Labute approximate surface area is 165 Å². The molecule has 4 unspecified atom stereocenters. The van der Waals surface area contributed by atoms with Gasteiger partial charge in [-0.25, -0.2) is 4.98 Å². The minimum atomic E-state index is -0.147. The second-order valence-corrected chi connectivity index (χ2v) is 8.08. The van der Waals surface area contributed by atoms with Crippen molar-refractivity contribution in [3.8, 4) is 6.07 Å². The summed E-state index contributed by atoms with van der Waals surface area (Å²) < 4.78 is 5.46. The first kappa shape index (κ1) is 19.1. The second-order valence-electron chi connectivity index (χ2n) is 8.08. The van der Waals surface area contributed by atoms with Crippen LogP contribution < -0.4 is 16.2 Å². The minimum absolute atomic E-state index is 0.133. The predicted molar refractivity (Wildman–Crippen MR) is 104 cm³/mol. The van der Waals surface area contributed by atoms with Crippen molar-refractivity contribution < 1.29 is 9.53 Å². The molecule has 0 bridgehead atoms. The van der Waals surface area contributed by atoms with Crippen molar-refractivity contribution in [1.29, 1.82) is 5.26 Å². The van der Waals surface area contributed by atoms with E-state index in [-0.39, 0.29) is 18.0 Å². The molecule has 4 atom stereocenters. The van der Waals surface area contributed by atoms with Crippen molar-refractivity contribution in [2.24, 2.45) is 5.92 Å². The maximum absolute atomic E-state index is 12.8. The number of hydrogen-bond acceptors (Lipinski definition) is 6. The summed E-state index contributed by atoms with van der Waals surface area (Å²) >= 11 is 0. The molecule has 3 heterocycles. The van der Waals surface area contributed by atoms with Crippen LogP contribution in [0.4, 0.5) is 0 Å². The fourth-order valence-electron chi connectivity index (χ4n) is 4.55. The fraction of sp³-hybridized carbons (Fsp3) is 0.571. The maximum Gasteiger partial charge on any atom is 0.270 e. The van der Waals surface area contributed by atoms with Gasteiger partial charge in [0.15, 0.2) is 0 Å². The molecular weight excluding hydrogens is 354 g/mol. The quantitative estimate of drug-likeness (QED) is 0.689. The first-order chi connectivity index (χ1) is 13.6. The number of carbonyl (C=O) groups excluding carboxylic acids is 1. The first-order valence-corrected chi connectivity index (χ1v) is 10.0. The van der Waals surface area contributed by atoms with E-state index in [2.05, 4.69) is 33.3 Å². The van der Waals surface area contributed by atoms with Gasteiger partial charge in [-0.1, -0.05) is 6.08 Å². The summed E-state index contributed by atoms with van der Waals surface area (Å²) in [5.74, 6) is 0.301. The van der Waals surface area contributed by atoms with Crippen LogP contribution in [0.3, 0.4) is 0 Å². The van der Waals surface area contributed by atoms with Crippen molar-refractivity contribution in [2.75, 3.05) is 13.2 Å². The molecular formula is C21H27N5O2. The molecule has 2 aliphatic heterocycles. The number of hydrazine groups is 1. The third-order valence-corrected chi connectivity index (χ3v) is 6.38. The number of rotatable bonds is 3. The Morgan fingerprint density at radius 2 is 2.21 bits per heavy atom. The molecule has 4 rings (SSSR count). The molecule has 1 aromatic heterocycles. The molecule has 1 aromatic rings. The Morgan fingerprint density at radius 1 is 1.36 bits per heavy atom. The summed E-state index contributed by atoms with van der Waals surface area (Å²) in [4.78, 5) is 17.1. The lowest BCUT2D eigenvalue weighted by Gasteiger charge is -2.33. The molecule has 28 heavy (non-hydrogen) atoms. The van der Waals surface area contributed by atoms with Crippen LogP contribution in [0, 0.1) is 31.1 Å². The van der Waals surface area contributed by atoms with E-state index in [0.717, 1.165) is 50.0 Å². The summed E-state index contributed by atoms with van der Waals surface area (Å²) in [7, 11) is 0. The average molecular weight is 381 g/mol. The van der Waals surface area contributed by atoms with Crippen LogP contribution in [0.1, 0.15) is 52.9 Å². The van der Waals surface area contributed by atoms with E-state index >= 15 is 0 Å².